The molecule has 0 saturated carbocycles. The summed E-state index contributed by atoms with van der Waals surface area (Å²) in [4.78, 5) is 28.5. The van der Waals surface area contributed by atoms with Crippen LogP contribution in [0.15, 0.2) is 41.8 Å². The van der Waals surface area contributed by atoms with Gasteiger partial charge in [-0.15, -0.1) is 11.3 Å². The first kappa shape index (κ1) is 19.7. The van der Waals surface area contributed by atoms with Crippen molar-refractivity contribution in [3.63, 3.8) is 0 Å². The Labute approximate surface area is 174 Å². The molecule has 5 nitrogen and oxygen atoms in total. The molecule has 1 unspecified atom stereocenters. The number of aromatic nitrogens is 1. The predicted octanol–water partition coefficient (Wildman–Crippen LogP) is 4.47. The van der Waals surface area contributed by atoms with Gasteiger partial charge in [-0.2, -0.15) is 0 Å². The van der Waals surface area contributed by atoms with Gasteiger partial charge in [0, 0.05) is 25.0 Å². The van der Waals surface area contributed by atoms with Crippen LogP contribution in [0.4, 0.5) is 0 Å². The van der Waals surface area contributed by atoms with Crippen LogP contribution in [-0.2, 0) is 16.1 Å². The minimum absolute atomic E-state index is 0.00508. The third-order valence-corrected chi connectivity index (χ3v) is 6.46. The normalized spacial score (nSPS) is 16.9. The number of amides is 1. The van der Waals surface area contributed by atoms with Crippen LogP contribution in [0.5, 0.6) is 0 Å². The van der Waals surface area contributed by atoms with E-state index >= 15 is 0 Å². The van der Waals surface area contributed by atoms with Crippen molar-refractivity contribution in [1.82, 2.24) is 9.47 Å². The Kier molecular flexibility index (Phi) is 5.72. The first-order chi connectivity index (χ1) is 14.1. The Hall–Kier alpha value is -2.60. The molecule has 29 heavy (non-hydrogen) atoms. The van der Waals surface area contributed by atoms with Crippen LogP contribution in [0.1, 0.15) is 41.4 Å². The number of thiophene rings is 1. The van der Waals surface area contributed by atoms with Gasteiger partial charge in [-0.25, -0.2) is 0 Å². The topological polar surface area (TPSA) is 51.5 Å². The Morgan fingerprint density at radius 2 is 2.00 bits per heavy atom. The molecule has 1 fully saturated rings. The minimum atomic E-state index is -0.228. The number of rotatable bonds is 5. The molecule has 6 heteroatoms. The molecule has 152 valence electrons. The van der Waals surface area contributed by atoms with Crippen molar-refractivity contribution < 1.29 is 14.3 Å². The van der Waals surface area contributed by atoms with Crippen molar-refractivity contribution in [2.24, 2.45) is 5.92 Å². The van der Waals surface area contributed by atoms with E-state index in [4.69, 9.17) is 4.74 Å². The molecule has 1 aliphatic heterocycles. The lowest BCUT2D eigenvalue weighted by Crippen LogP contribution is -2.43. The summed E-state index contributed by atoms with van der Waals surface area (Å²) in [5, 5.41) is 3.15. The monoisotopic (exact) mass is 410 g/mol. The fraction of sp³-hybridized carbons (Fsp3) is 0.391. The molecule has 0 bridgehead atoms. The maximum Gasteiger partial charge on any atom is 0.310 e. The van der Waals surface area contributed by atoms with Gasteiger partial charge in [0.1, 0.15) is 10.5 Å². The van der Waals surface area contributed by atoms with E-state index in [2.05, 4.69) is 47.2 Å². The van der Waals surface area contributed by atoms with Gasteiger partial charge in [-0.1, -0.05) is 29.8 Å². The molecule has 0 spiro atoms. The summed E-state index contributed by atoms with van der Waals surface area (Å²) in [6.45, 7) is 6.02. The second kappa shape index (κ2) is 8.41. The smallest absolute Gasteiger partial charge is 0.310 e. The molecule has 0 N–H and O–H groups in total. The molecule has 1 aliphatic rings. The van der Waals surface area contributed by atoms with E-state index in [1.165, 1.54) is 11.1 Å². The van der Waals surface area contributed by atoms with Crippen LogP contribution in [0.2, 0.25) is 0 Å². The van der Waals surface area contributed by atoms with E-state index in [9.17, 15) is 9.59 Å². The standard InChI is InChI=1S/C23H26N2O3S/c1-3-28-23(27)19-5-4-11-24(15-19)21(26)20-13-18-10-12-29-22(18)25(20)14-17-8-6-16(2)7-9-17/h6-10,12-13,19H,3-5,11,14-15H2,1-2H3. The van der Waals surface area contributed by atoms with Crippen molar-refractivity contribution in [2.75, 3.05) is 19.7 Å². The van der Waals surface area contributed by atoms with Gasteiger partial charge in [-0.05, 0) is 49.8 Å². The number of hydrogen-bond acceptors (Lipinski definition) is 4. The molecule has 1 amide bonds. The van der Waals surface area contributed by atoms with E-state index < -0.39 is 0 Å². The number of nitrogens with zero attached hydrogens (tertiary/aromatic N) is 2. The number of esters is 1. The van der Waals surface area contributed by atoms with Gasteiger partial charge in [0.05, 0.1) is 12.5 Å². The molecule has 3 heterocycles. The number of carbonyl (C=O) groups is 2. The Bertz CT molecular complexity index is 1020. The predicted molar refractivity (Wildman–Crippen MR) is 115 cm³/mol. The van der Waals surface area contributed by atoms with Crippen molar-refractivity contribution in [2.45, 2.75) is 33.2 Å². The van der Waals surface area contributed by atoms with Crippen LogP contribution < -0.4 is 0 Å². The summed E-state index contributed by atoms with van der Waals surface area (Å²) < 4.78 is 7.29. The Morgan fingerprint density at radius 3 is 2.76 bits per heavy atom. The number of ether oxygens (including phenoxy) is 1. The molecule has 0 radical (unpaired) electrons. The highest BCUT2D eigenvalue weighted by Crippen LogP contribution is 2.28. The number of hydrogen-bond donors (Lipinski definition) is 0. The SMILES string of the molecule is CCOC(=O)C1CCCN(C(=O)c2cc3ccsc3n2Cc2ccc(C)cc2)C1. The van der Waals surface area contributed by atoms with Gasteiger partial charge in [0.25, 0.3) is 5.91 Å². The summed E-state index contributed by atoms with van der Waals surface area (Å²) in [7, 11) is 0. The van der Waals surface area contributed by atoms with Gasteiger partial charge in [0.2, 0.25) is 0 Å². The summed E-state index contributed by atoms with van der Waals surface area (Å²) in [5.74, 6) is -0.426. The van der Waals surface area contributed by atoms with Crippen LogP contribution in [-0.4, -0.2) is 41.0 Å². The number of fused-ring (bicyclic) bond motifs is 1. The lowest BCUT2D eigenvalue weighted by molar-refractivity contribution is -0.149. The van der Waals surface area contributed by atoms with Crippen molar-refractivity contribution in [1.29, 1.82) is 0 Å². The maximum absolute atomic E-state index is 13.4. The zero-order chi connectivity index (χ0) is 20.4. The summed E-state index contributed by atoms with van der Waals surface area (Å²) in [6, 6.07) is 12.5. The number of likely N-dealkylation sites (tertiary alicyclic amines) is 1. The van der Waals surface area contributed by atoms with Gasteiger partial charge < -0.3 is 14.2 Å². The van der Waals surface area contributed by atoms with Gasteiger partial charge in [-0.3, -0.25) is 9.59 Å². The molecule has 2 aromatic heterocycles. The maximum atomic E-state index is 13.4. The Balaban J connectivity index is 1.61. The van der Waals surface area contributed by atoms with E-state index in [0.717, 1.165) is 23.1 Å². The van der Waals surface area contributed by atoms with Gasteiger partial charge >= 0.3 is 5.97 Å². The highest BCUT2D eigenvalue weighted by atomic mass is 32.1. The van der Waals surface area contributed by atoms with E-state index in [-0.39, 0.29) is 17.8 Å². The third-order valence-electron chi connectivity index (χ3n) is 5.51. The summed E-state index contributed by atoms with van der Waals surface area (Å²) in [6.07, 6.45) is 1.60. The third kappa shape index (κ3) is 4.08. The van der Waals surface area contributed by atoms with E-state index in [0.29, 0.717) is 31.9 Å². The largest absolute Gasteiger partial charge is 0.466 e. The van der Waals surface area contributed by atoms with Crippen LogP contribution in [0, 0.1) is 12.8 Å². The summed E-state index contributed by atoms with van der Waals surface area (Å²) in [5.41, 5.74) is 3.08. The lowest BCUT2D eigenvalue weighted by atomic mass is 9.98. The first-order valence-electron chi connectivity index (χ1n) is 10.1. The number of piperidine rings is 1. The molecule has 4 rings (SSSR count). The Morgan fingerprint density at radius 1 is 1.21 bits per heavy atom. The van der Waals surface area contributed by atoms with E-state index in [1.807, 2.05) is 17.9 Å². The lowest BCUT2D eigenvalue weighted by Gasteiger charge is -2.31. The summed E-state index contributed by atoms with van der Waals surface area (Å²) >= 11 is 1.65. The highest BCUT2D eigenvalue weighted by molar-refractivity contribution is 7.16. The van der Waals surface area contributed by atoms with Gasteiger partial charge in [0.15, 0.2) is 0 Å². The molecule has 0 aliphatic carbocycles. The van der Waals surface area contributed by atoms with Crippen molar-refractivity contribution in [3.8, 4) is 0 Å². The highest BCUT2D eigenvalue weighted by Gasteiger charge is 2.31. The average molecular weight is 411 g/mol. The fourth-order valence-electron chi connectivity index (χ4n) is 3.96. The minimum Gasteiger partial charge on any atom is -0.466 e. The van der Waals surface area contributed by atoms with Crippen molar-refractivity contribution in [3.05, 3.63) is 58.6 Å². The number of aryl methyl sites for hydroxylation is 1. The van der Waals surface area contributed by atoms with Crippen molar-refractivity contribution >= 4 is 33.4 Å². The fourth-order valence-corrected chi connectivity index (χ4v) is 4.86. The average Bonchev–Trinajstić information content (AvgIpc) is 3.32. The van der Waals surface area contributed by atoms with Crippen LogP contribution >= 0.6 is 11.3 Å². The zero-order valence-electron chi connectivity index (χ0n) is 16.9. The molecule has 1 atom stereocenters. The molecular weight excluding hydrogens is 384 g/mol. The molecule has 1 saturated heterocycles. The van der Waals surface area contributed by atoms with Crippen LogP contribution in [0.25, 0.3) is 10.2 Å². The second-order valence-electron chi connectivity index (χ2n) is 7.62. The van der Waals surface area contributed by atoms with E-state index in [1.54, 1.807) is 11.3 Å². The number of benzene rings is 1. The molecular formula is C23H26N2O3S. The van der Waals surface area contributed by atoms with Crippen LogP contribution in [0.3, 0.4) is 0 Å². The number of carbonyl (C=O) groups excluding carboxylic acids is 2. The molecule has 1 aromatic carbocycles. The molecule has 3 aromatic rings. The second-order valence-corrected chi connectivity index (χ2v) is 8.52. The zero-order valence-corrected chi connectivity index (χ0v) is 17.7. The quantitative estimate of drug-likeness (QED) is 0.583. The first-order valence-corrected chi connectivity index (χ1v) is 11.0.